The zero-order valence-corrected chi connectivity index (χ0v) is 29.2. The fourth-order valence-electron chi connectivity index (χ4n) is 7.35. The van der Waals surface area contributed by atoms with E-state index in [2.05, 4.69) is 22.2 Å². The highest BCUT2D eigenvalue weighted by atomic mass is 35.5. The fourth-order valence-corrected chi connectivity index (χ4v) is 9.59. The van der Waals surface area contributed by atoms with Gasteiger partial charge in [0, 0.05) is 75.4 Å². The number of likely N-dealkylation sites (N-methyl/N-ethyl adjacent to an activating group) is 1. The average molecular weight is 672 g/mol. The summed E-state index contributed by atoms with van der Waals surface area (Å²) < 4.78 is 29.3. The number of carbonyl (C=O) groups excluding carboxylic acids is 2. The van der Waals surface area contributed by atoms with Crippen LogP contribution in [0.15, 0.2) is 47.4 Å². The van der Waals surface area contributed by atoms with Gasteiger partial charge >= 0.3 is 0 Å². The summed E-state index contributed by atoms with van der Waals surface area (Å²) >= 11 is 6.26. The third-order valence-electron chi connectivity index (χ3n) is 10.4. The number of sulfonamides is 1. The third-order valence-corrected chi connectivity index (χ3v) is 12.9. The van der Waals surface area contributed by atoms with Crippen LogP contribution in [0.25, 0.3) is 0 Å². The lowest BCUT2D eigenvalue weighted by Gasteiger charge is -2.51. The van der Waals surface area contributed by atoms with Gasteiger partial charge < -0.3 is 15.1 Å². The van der Waals surface area contributed by atoms with E-state index in [9.17, 15) is 18.0 Å². The van der Waals surface area contributed by atoms with Gasteiger partial charge in [0.25, 0.3) is 0 Å². The molecule has 0 aliphatic carbocycles. The van der Waals surface area contributed by atoms with Gasteiger partial charge in [-0.25, -0.2) is 8.42 Å². The maximum absolute atomic E-state index is 13.8. The number of hydrogen-bond acceptors (Lipinski definition) is 6. The normalized spacial score (nSPS) is 21.7. The Morgan fingerprint density at radius 3 is 2.33 bits per heavy atom. The minimum Gasteiger partial charge on any atom is -0.354 e. The quantitative estimate of drug-likeness (QED) is 0.406. The number of amides is 2. The van der Waals surface area contributed by atoms with Gasteiger partial charge in [0.1, 0.15) is 0 Å². The lowest BCUT2D eigenvalue weighted by atomic mass is 9.84. The molecule has 3 fully saturated rings. The molecule has 0 aromatic heterocycles. The highest BCUT2D eigenvalue weighted by molar-refractivity contribution is 7.89. The SMILES string of the molecule is Cc1cc(S(=O)(=O)N2CCCCC2CCC(=O)N2CCC(CNC(=O)Cc3ccccc3)(N3CCN(C)CC3)CC2)c(C)cc1Cl. The Balaban J connectivity index is 1.20. The molecule has 9 nitrogen and oxygen atoms in total. The number of hydrogen-bond donors (Lipinski definition) is 1. The summed E-state index contributed by atoms with van der Waals surface area (Å²) in [4.78, 5) is 33.6. The molecule has 1 unspecified atom stereocenters. The Labute approximate surface area is 280 Å². The number of nitrogens with zero attached hydrogens (tertiary/aromatic N) is 4. The minimum atomic E-state index is -3.71. The molecule has 0 spiro atoms. The van der Waals surface area contributed by atoms with Crippen molar-refractivity contribution in [3.05, 3.63) is 64.2 Å². The van der Waals surface area contributed by atoms with Crippen LogP contribution in [0, 0.1) is 13.8 Å². The molecule has 3 aliphatic heterocycles. The largest absolute Gasteiger partial charge is 0.354 e. The fraction of sp³-hybridized carbons (Fsp3) is 0.600. The first-order chi connectivity index (χ1) is 22.0. The van der Waals surface area contributed by atoms with Crippen LogP contribution in [-0.2, 0) is 26.0 Å². The van der Waals surface area contributed by atoms with E-state index in [1.54, 1.807) is 23.4 Å². The highest BCUT2D eigenvalue weighted by Gasteiger charge is 2.42. The van der Waals surface area contributed by atoms with Gasteiger partial charge in [-0.15, -0.1) is 0 Å². The smallest absolute Gasteiger partial charge is 0.243 e. The van der Waals surface area contributed by atoms with Crippen LogP contribution in [0.5, 0.6) is 0 Å². The lowest BCUT2D eigenvalue weighted by molar-refractivity contribution is -0.135. The number of piperazine rings is 1. The van der Waals surface area contributed by atoms with Crippen LogP contribution in [-0.4, -0.2) is 110 Å². The van der Waals surface area contributed by atoms with Crippen molar-refractivity contribution in [3.63, 3.8) is 0 Å². The Morgan fingerprint density at radius 2 is 1.63 bits per heavy atom. The predicted octanol–water partition coefficient (Wildman–Crippen LogP) is 4.25. The van der Waals surface area contributed by atoms with Crippen LogP contribution < -0.4 is 5.32 Å². The molecule has 11 heteroatoms. The highest BCUT2D eigenvalue weighted by Crippen LogP contribution is 2.33. The second-order valence-corrected chi connectivity index (χ2v) is 15.8. The van der Waals surface area contributed by atoms with E-state index in [0.29, 0.717) is 60.9 Å². The van der Waals surface area contributed by atoms with Crippen molar-refractivity contribution in [2.75, 3.05) is 59.4 Å². The summed E-state index contributed by atoms with van der Waals surface area (Å²) in [6.07, 6.45) is 5.32. The number of likely N-dealkylation sites (tertiary alicyclic amines) is 1. The number of benzene rings is 2. The second-order valence-electron chi connectivity index (χ2n) is 13.5. The topological polar surface area (TPSA) is 93.3 Å². The van der Waals surface area contributed by atoms with Crippen molar-refractivity contribution in [1.82, 2.24) is 24.3 Å². The molecule has 2 aromatic carbocycles. The molecule has 252 valence electrons. The monoisotopic (exact) mass is 671 g/mol. The molecule has 5 rings (SSSR count). The van der Waals surface area contributed by atoms with Gasteiger partial charge in [-0.05, 0) is 81.8 Å². The molecular weight excluding hydrogens is 622 g/mol. The van der Waals surface area contributed by atoms with E-state index in [4.69, 9.17) is 11.6 Å². The van der Waals surface area contributed by atoms with E-state index in [1.807, 2.05) is 42.2 Å². The molecule has 3 saturated heterocycles. The summed E-state index contributed by atoms with van der Waals surface area (Å²) in [6, 6.07) is 13.0. The zero-order chi connectivity index (χ0) is 32.9. The molecule has 3 aliphatic rings. The van der Waals surface area contributed by atoms with Crippen molar-refractivity contribution in [2.24, 2.45) is 0 Å². The molecule has 2 amide bonds. The van der Waals surface area contributed by atoms with Gasteiger partial charge in [-0.1, -0.05) is 48.4 Å². The molecule has 1 N–H and O–H groups in total. The van der Waals surface area contributed by atoms with Crippen LogP contribution >= 0.6 is 11.6 Å². The maximum atomic E-state index is 13.8. The Morgan fingerprint density at radius 1 is 0.935 bits per heavy atom. The van der Waals surface area contributed by atoms with Gasteiger partial charge in [0.05, 0.1) is 11.3 Å². The van der Waals surface area contributed by atoms with Crippen LogP contribution in [0.4, 0.5) is 0 Å². The van der Waals surface area contributed by atoms with Crippen molar-refractivity contribution in [3.8, 4) is 0 Å². The van der Waals surface area contributed by atoms with Gasteiger partial charge in [0.2, 0.25) is 21.8 Å². The number of halogens is 1. The molecule has 46 heavy (non-hydrogen) atoms. The van der Waals surface area contributed by atoms with E-state index in [0.717, 1.165) is 69.4 Å². The Hall–Kier alpha value is -2.50. The zero-order valence-electron chi connectivity index (χ0n) is 27.6. The minimum absolute atomic E-state index is 0.0224. The number of nitrogens with one attached hydrogen (secondary N) is 1. The van der Waals surface area contributed by atoms with Crippen molar-refractivity contribution in [2.45, 2.75) is 81.7 Å². The summed E-state index contributed by atoms with van der Waals surface area (Å²) in [7, 11) is -1.57. The standard InChI is InChI=1S/C35H50ClN5O4S/c1-27-24-32(28(2)23-31(27)36)46(44,45)41-16-8-7-11-30(41)12-13-34(43)39-17-14-35(15-18-39,40-21-19-38(3)20-22-40)26-37-33(42)25-29-9-5-4-6-10-29/h4-6,9-10,23-24,30H,7-8,11-22,25-26H2,1-3H3,(H,37,42). The van der Waals surface area contributed by atoms with Crippen molar-refractivity contribution >= 4 is 33.4 Å². The number of carbonyl (C=O) groups is 2. The average Bonchev–Trinajstić information content (AvgIpc) is 3.05. The maximum Gasteiger partial charge on any atom is 0.243 e. The molecule has 3 heterocycles. The number of rotatable bonds is 10. The Bertz CT molecular complexity index is 1470. The number of aryl methyl sites for hydroxylation is 2. The molecular formula is C35H50ClN5O4S. The van der Waals surface area contributed by atoms with Crippen molar-refractivity contribution < 1.29 is 18.0 Å². The van der Waals surface area contributed by atoms with E-state index >= 15 is 0 Å². The summed E-state index contributed by atoms with van der Waals surface area (Å²) in [5, 5.41) is 3.80. The second kappa shape index (κ2) is 15.2. The molecule has 2 aromatic rings. The summed E-state index contributed by atoms with van der Waals surface area (Å²) in [6.45, 7) is 9.77. The van der Waals surface area contributed by atoms with Crippen LogP contribution in [0.1, 0.15) is 61.6 Å². The lowest BCUT2D eigenvalue weighted by Crippen LogP contribution is -2.64. The first kappa shape index (κ1) is 34.8. The molecule has 0 radical (unpaired) electrons. The van der Waals surface area contributed by atoms with Crippen molar-refractivity contribution in [1.29, 1.82) is 0 Å². The first-order valence-corrected chi connectivity index (χ1v) is 18.6. The predicted molar refractivity (Wildman–Crippen MR) is 182 cm³/mol. The van der Waals surface area contributed by atoms with E-state index < -0.39 is 10.0 Å². The van der Waals surface area contributed by atoms with Gasteiger partial charge in [-0.3, -0.25) is 14.5 Å². The van der Waals surface area contributed by atoms with Gasteiger partial charge in [-0.2, -0.15) is 4.31 Å². The third kappa shape index (κ3) is 8.13. The molecule has 1 atom stereocenters. The molecule has 0 bridgehead atoms. The number of piperidine rings is 2. The summed E-state index contributed by atoms with van der Waals surface area (Å²) in [5.74, 6) is 0.107. The first-order valence-electron chi connectivity index (χ1n) is 16.8. The van der Waals surface area contributed by atoms with E-state index in [1.165, 1.54) is 0 Å². The van der Waals surface area contributed by atoms with E-state index in [-0.39, 0.29) is 23.4 Å². The van der Waals surface area contributed by atoms with Crippen LogP contribution in [0.3, 0.4) is 0 Å². The van der Waals surface area contributed by atoms with Crippen LogP contribution in [0.2, 0.25) is 5.02 Å². The molecule has 0 saturated carbocycles. The Kier molecular flexibility index (Phi) is 11.5. The van der Waals surface area contributed by atoms with Gasteiger partial charge in [0.15, 0.2) is 0 Å². The summed E-state index contributed by atoms with van der Waals surface area (Å²) in [5.41, 5.74) is 2.19.